The number of aryl methyl sites for hydroxylation is 1. The van der Waals surface area contributed by atoms with E-state index in [0.717, 1.165) is 61.7 Å². The van der Waals surface area contributed by atoms with Crippen LogP contribution in [0, 0.1) is 0 Å². The lowest BCUT2D eigenvalue weighted by Gasteiger charge is -2.28. The second-order valence-electron chi connectivity index (χ2n) is 9.44. The van der Waals surface area contributed by atoms with Gasteiger partial charge < -0.3 is 14.4 Å². The van der Waals surface area contributed by atoms with E-state index in [-0.39, 0.29) is 18.7 Å². The maximum atomic E-state index is 13.6. The summed E-state index contributed by atoms with van der Waals surface area (Å²) in [6, 6.07) is 12.2. The van der Waals surface area contributed by atoms with Gasteiger partial charge in [-0.05, 0) is 61.1 Å². The molecule has 0 N–H and O–H groups in total. The first-order valence-corrected chi connectivity index (χ1v) is 12.8. The maximum absolute atomic E-state index is 13.6. The molecule has 0 spiro atoms. The van der Waals surface area contributed by atoms with Crippen LogP contribution in [0.3, 0.4) is 0 Å². The molecule has 1 aromatic carbocycles. The number of aromatic nitrogens is 3. The van der Waals surface area contributed by atoms with Crippen LogP contribution in [0.1, 0.15) is 49.9 Å². The molecule has 4 heterocycles. The van der Waals surface area contributed by atoms with Crippen LogP contribution in [-0.2, 0) is 11.2 Å². The largest absolute Gasteiger partial charge is 0.454 e. The fourth-order valence-electron chi connectivity index (χ4n) is 5.13. The standard InChI is InChI=1S/C28H33N5O3/c1-2-3-14-33(24-6-4-11-29-17-24)28(34)19-32-18-22(21-7-9-25-26(16-21)36-20-35-25)15-23(32)8-10-27-30-12-5-13-31-27/h4-7,9,11-13,16-17,22-23H,2-3,8,10,14-15,18-20H2,1H3/t22-,23+/m1/s1. The number of nitrogens with zero attached hydrogens (tertiary/aromatic N) is 5. The predicted molar refractivity (Wildman–Crippen MR) is 137 cm³/mol. The van der Waals surface area contributed by atoms with E-state index >= 15 is 0 Å². The summed E-state index contributed by atoms with van der Waals surface area (Å²) in [5, 5.41) is 0. The molecule has 2 atom stereocenters. The molecule has 0 radical (unpaired) electrons. The summed E-state index contributed by atoms with van der Waals surface area (Å²) in [6.45, 7) is 4.30. The van der Waals surface area contributed by atoms with Gasteiger partial charge in [-0.25, -0.2) is 9.97 Å². The number of likely N-dealkylation sites (tertiary alicyclic amines) is 1. The molecule has 1 saturated heterocycles. The van der Waals surface area contributed by atoms with Gasteiger partial charge in [0.05, 0.1) is 18.4 Å². The summed E-state index contributed by atoms with van der Waals surface area (Å²) in [7, 11) is 0. The Hall–Kier alpha value is -3.52. The molecular weight excluding hydrogens is 454 g/mol. The number of ether oxygens (including phenoxy) is 2. The molecule has 0 saturated carbocycles. The van der Waals surface area contributed by atoms with Gasteiger partial charge >= 0.3 is 0 Å². The van der Waals surface area contributed by atoms with Crippen molar-refractivity contribution in [3.63, 3.8) is 0 Å². The van der Waals surface area contributed by atoms with Gasteiger partial charge in [-0.1, -0.05) is 19.4 Å². The predicted octanol–water partition coefficient (Wildman–Crippen LogP) is 4.22. The average Bonchev–Trinajstić information content (AvgIpc) is 3.55. The van der Waals surface area contributed by atoms with Gasteiger partial charge in [-0.2, -0.15) is 0 Å². The van der Waals surface area contributed by atoms with Crippen molar-refractivity contribution >= 4 is 11.6 Å². The van der Waals surface area contributed by atoms with E-state index in [2.05, 4.69) is 38.9 Å². The smallest absolute Gasteiger partial charge is 0.241 e. The Labute approximate surface area is 212 Å². The Morgan fingerprint density at radius 1 is 1.11 bits per heavy atom. The number of pyridine rings is 1. The summed E-state index contributed by atoms with van der Waals surface area (Å²) in [4.78, 5) is 30.9. The monoisotopic (exact) mass is 487 g/mol. The van der Waals surface area contributed by atoms with E-state index in [0.29, 0.717) is 19.0 Å². The van der Waals surface area contributed by atoms with Crippen LogP contribution in [0.25, 0.3) is 0 Å². The van der Waals surface area contributed by atoms with Gasteiger partial charge in [-0.15, -0.1) is 0 Å². The zero-order chi connectivity index (χ0) is 24.7. The number of benzene rings is 1. The number of unbranched alkanes of at least 4 members (excludes halogenated alkanes) is 1. The van der Waals surface area contributed by atoms with Gasteiger partial charge in [0.25, 0.3) is 0 Å². The van der Waals surface area contributed by atoms with Gasteiger partial charge in [0.1, 0.15) is 5.82 Å². The van der Waals surface area contributed by atoms with E-state index in [1.807, 2.05) is 29.2 Å². The van der Waals surface area contributed by atoms with Crippen molar-refractivity contribution in [2.75, 3.05) is 31.3 Å². The zero-order valence-corrected chi connectivity index (χ0v) is 20.8. The van der Waals surface area contributed by atoms with E-state index in [1.54, 1.807) is 24.8 Å². The molecule has 0 aliphatic carbocycles. The lowest BCUT2D eigenvalue weighted by molar-refractivity contribution is -0.120. The van der Waals surface area contributed by atoms with Crippen LogP contribution in [0.2, 0.25) is 0 Å². The number of amides is 1. The fraction of sp³-hybridized carbons (Fsp3) is 0.429. The molecular formula is C28H33N5O3. The quantitative estimate of drug-likeness (QED) is 0.423. The van der Waals surface area contributed by atoms with Crippen LogP contribution in [-0.4, -0.2) is 58.2 Å². The lowest BCUT2D eigenvalue weighted by Crippen LogP contribution is -2.43. The molecule has 188 valence electrons. The Kier molecular flexibility index (Phi) is 7.71. The minimum Gasteiger partial charge on any atom is -0.454 e. The summed E-state index contributed by atoms with van der Waals surface area (Å²) in [5.41, 5.74) is 2.09. The molecule has 2 aromatic heterocycles. The van der Waals surface area contributed by atoms with Gasteiger partial charge in [-0.3, -0.25) is 14.7 Å². The van der Waals surface area contributed by atoms with Crippen molar-refractivity contribution in [3.8, 4) is 11.5 Å². The number of anilines is 1. The molecule has 3 aromatic rings. The highest BCUT2D eigenvalue weighted by molar-refractivity contribution is 5.94. The molecule has 5 rings (SSSR count). The second-order valence-corrected chi connectivity index (χ2v) is 9.44. The van der Waals surface area contributed by atoms with Crippen LogP contribution in [0.4, 0.5) is 5.69 Å². The summed E-state index contributed by atoms with van der Waals surface area (Å²) in [5.74, 6) is 2.87. The first-order valence-electron chi connectivity index (χ1n) is 12.8. The van der Waals surface area contributed by atoms with Crippen molar-refractivity contribution in [2.45, 2.75) is 51.0 Å². The molecule has 0 unspecified atom stereocenters. The number of carbonyl (C=O) groups excluding carboxylic acids is 1. The Morgan fingerprint density at radius 3 is 2.78 bits per heavy atom. The second kappa shape index (κ2) is 11.5. The Bertz CT molecular complexity index is 1140. The van der Waals surface area contributed by atoms with Crippen molar-refractivity contribution in [2.24, 2.45) is 0 Å². The number of rotatable bonds is 10. The summed E-state index contributed by atoms with van der Waals surface area (Å²) < 4.78 is 11.1. The van der Waals surface area contributed by atoms with Crippen LogP contribution in [0.5, 0.6) is 11.5 Å². The molecule has 1 fully saturated rings. The molecule has 8 heteroatoms. The van der Waals surface area contributed by atoms with Crippen LogP contribution in [0.15, 0.2) is 61.2 Å². The highest BCUT2D eigenvalue weighted by Crippen LogP contribution is 2.39. The average molecular weight is 488 g/mol. The van der Waals surface area contributed by atoms with Crippen molar-refractivity contribution in [3.05, 3.63) is 72.6 Å². The van der Waals surface area contributed by atoms with Gasteiger partial charge in [0.2, 0.25) is 12.7 Å². The third-order valence-electron chi connectivity index (χ3n) is 7.05. The van der Waals surface area contributed by atoms with Crippen molar-refractivity contribution in [1.29, 1.82) is 0 Å². The van der Waals surface area contributed by atoms with Crippen LogP contribution >= 0.6 is 0 Å². The minimum atomic E-state index is 0.115. The first-order chi connectivity index (χ1) is 17.7. The SMILES string of the molecule is CCCCN(C(=O)CN1C[C@H](c2ccc3c(c2)OCO3)C[C@@H]1CCc1ncccn1)c1cccnc1. The van der Waals surface area contributed by atoms with E-state index in [9.17, 15) is 4.79 Å². The van der Waals surface area contributed by atoms with Gasteiger partial charge in [0, 0.05) is 44.1 Å². The molecule has 1 amide bonds. The molecule has 2 aliphatic rings. The fourth-order valence-corrected chi connectivity index (χ4v) is 5.13. The third-order valence-corrected chi connectivity index (χ3v) is 7.05. The number of hydrogen-bond acceptors (Lipinski definition) is 7. The maximum Gasteiger partial charge on any atom is 0.241 e. The molecule has 0 bridgehead atoms. The van der Waals surface area contributed by atoms with E-state index in [1.165, 1.54) is 5.56 Å². The minimum absolute atomic E-state index is 0.115. The zero-order valence-electron chi connectivity index (χ0n) is 20.8. The summed E-state index contributed by atoms with van der Waals surface area (Å²) >= 11 is 0. The van der Waals surface area contributed by atoms with E-state index in [4.69, 9.17) is 9.47 Å². The Balaban J connectivity index is 1.33. The number of hydrogen-bond donors (Lipinski definition) is 0. The summed E-state index contributed by atoms with van der Waals surface area (Å²) in [6.07, 6.45) is 11.7. The molecule has 8 nitrogen and oxygen atoms in total. The third kappa shape index (κ3) is 5.65. The topological polar surface area (TPSA) is 80.7 Å². The first kappa shape index (κ1) is 24.2. The number of carbonyl (C=O) groups is 1. The lowest BCUT2D eigenvalue weighted by atomic mass is 9.94. The molecule has 36 heavy (non-hydrogen) atoms. The van der Waals surface area contributed by atoms with Gasteiger partial charge in [0.15, 0.2) is 11.5 Å². The highest BCUT2D eigenvalue weighted by atomic mass is 16.7. The Morgan fingerprint density at radius 2 is 1.97 bits per heavy atom. The highest BCUT2D eigenvalue weighted by Gasteiger charge is 2.35. The van der Waals surface area contributed by atoms with Crippen molar-refractivity contribution in [1.82, 2.24) is 19.9 Å². The van der Waals surface area contributed by atoms with Crippen molar-refractivity contribution < 1.29 is 14.3 Å². The van der Waals surface area contributed by atoms with E-state index < -0.39 is 0 Å². The number of fused-ring (bicyclic) bond motifs is 1. The normalized spacial score (nSPS) is 18.9. The molecule has 2 aliphatic heterocycles. The van der Waals surface area contributed by atoms with Crippen LogP contribution < -0.4 is 14.4 Å².